The van der Waals surface area contributed by atoms with Crippen LogP contribution in [0, 0.1) is 6.92 Å². The SMILES string of the molecule is Cc1ccc2nc(NC(=O)c3ccc(Cl)cc3)nc(N[C@H]3CCCC[C@H]3N=C(N)N)c2c1.Cl.Cl. The van der Waals surface area contributed by atoms with Crippen LogP contribution < -0.4 is 22.1 Å². The first-order valence-corrected chi connectivity index (χ1v) is 11.0. The lowest BCUT2D eigenvalue weighted by Crippen LogP contribution is -2.38. The Morgan fingerprint density at radius 2 is 1.76 bits per heavy atom. The topological polar surface area (TPSA) is 131 Å². The molecule has 182 valence electrons. The van der Waals surface area contributed by atoms with Crippen molar-refractivity contribution in [3.05, 3.63) is 58.6 Å². The van der Waals surface area contributed by atoms with Crippen molar-refractivity contribution in [3.8, 4) is 0 Å². The van der Waals surface area contributed by atoms with Crippen LogP contribution >= 0.6 is 36.4 Å². The number of aryl methyl sites for hydroxylation is 1. The van der Waals surface area contributed by atoms with Crippen LogP contribution in [-0.4, -0.2) is 33.9 Å². The highest BCUT2D eigenvalue weighted by molar-refractivity contribution is 6.30. The van der Waals surface area contributed by atoms with E-state index in [0.717, 1.165) is 42.1 Å². The Bertz CT molecular complexity index is 1170. The van der Waals surface area contributed by atoms with Crippen LogP contribution in [-0.2, 0) is 0 Å². The van der Waals surface area contributed by atoms with E-state index in [-0.39, 0.29) is 54.7 Å². The summed E-state index contributed by atoms with van der Waals surface area (Å²) >= 11 is 5.92. The van der Waals surface area contributed by atoms with E-state index in [0.29, 0.717) is 16.4 Å². The predicted octanol–water partition coefficient (Wildman–Crippen LogP) is 4.68. The molecule has 0 unspecified atom stereocenters. The summed E-state index contributed by atoms with van der Waals surface area (Å²) < 4.78 is 0. The first-order valence-electron chi connectivity index (χ1n) is 10.6. The Balaban J connectivity index is 0.00000204. The molecular weight excluding hydrogens is 497 g/mol. The molecule has 1 fully saturated rings. The molecule has 3 aromatic rings. The number of aliphatic imine (C=N–C) groups is 1. The monoisotopic (exact) mass is 523 g/mol. The van der Waals surface area contributed by atoms with E-state index in [9.17, 15) is 4.79 Å². The van der Waals surface area contributed by atoms with E-state index in [1.807, 2.05) is 25.1 Å². The predicted molar refractivity (Wildman–Crippen MR) is 144 cm³/mol. The number of halogens is 3. The number of amides is 1. The molecule has 2 atom stereocenters. The van der Waals surface area contributed by atoms with Gasteiger partial charge in [0.2, 0.25) is 5.95 Å². The van der Waals surface area contributed by atoms with Crippen molar-refractivity contribution in [1.29, 1.82) is 0 Å². The maximum absolute atomic E-state index is 12.7. The first kappa shape index (κ1) is 27.4. The Kier molecular flexibility index (Phi) is 9.73. The molecule has 34 heavy (non-hydrogen) atoms. The second-order valence-corrected chi connectivity index (χ2v) is 8.47. The van der Waals surface area contributed by atoms with Crippen LogP contribution in [0.2, 0.25) is 5.02 Å². The van der Waals surface area contributed by atoms with Gasteiger partial charge in [0.05, 0.1) is 17.6 Å². The van der Waals surface area contributed by atoms with Crippen molar-refractivity contribution in [2.24, 2.45) is 16.5 Å². The molecule has 0 saturated heterocycles. The third-order valence-corrected chi connectivity index (χ3v) is 5.80. The van der Waals surface area contributed by atoms with Crippen molar-refractivity contribution in [1.82, 2.24) is 9.97 Å². The number of anilines is 2. The molecule has 1 aromatic heterocycles. The lowest BCUT2D eigenvalue weighted by molar-refractivity contribution is 0.102. The highest BCUT2D eigenvalue weighted by Crippen LogP contribution is 2.29. The molecule has 2 aromatic carbocycles. The molecule has 0 radical (unpaired) electrons. The van der Waals surface area contributed by atoms with Crippen molar-refractivity contribution < 1.29 is 4.79 Å². The summed E-state index contributed by atoms with van der Waals surface area (Å²) in [4.78, 5) is 26.3. The molecule has 1 heterocycles. The van der Waals surface area contributed by atoms with Gasteiger partial charge in [0.25, 0.3) is 5.91 Å². The van der Waals surface area contributed by atoms with Crippen LogP contribution in [0.3, 0.4) is 0 Å². The lowest BCUT2D eigenvalue weighted by atomic mass is 9.90. The fourth-order valence-electron chi connectivity index (χ4n) is 3.98. The zero-order valence-electron chi connectivity index (χ0n) is 18.6. The summed E-state index contributed by atoms with van der Waals surface area (Å²) in [6.45, 7) is 2.02. The maximum Gasteiger partial charge on any atom is 0.258 e. The van der Waals surface area contributed by atoms with E-state index < -0.39 is 0 Å². The van der Waals surface area contributed by atoms with Gasteiger partial charge in [-0.2, -0.15) is 4.98 Å². The third kappa shape index (κ3) is 6.62. The van der Waals surface area contributed by atoms with E-state index in [1.54, 1.807) is 24.3 Å². The second kappa shape index (κ2) is 12.1. The smallest absolute Gasteiger partial charge is 0.258 e. The summed E-state index contributed by atoms with van der Waals surface area (Å²) in [7, 11) is 0. The van der Waals surface area contributed by atoms with Crippen molar-refractivity contribution in [2.75, 3.05) is 10.6 Å². The second-order valence-electron chi connectivity index (χ2n) is 8.03. The zero-order chi connectivity index (χ0) is 22.7. The van der Waals surface area contributed by atoms with Gasteiger partial charge in [0.1, 0.15) is 5.82 Å². The Hall–Kier alpha value is -2.81. The number of guanidine groups is 1. The summed E-state index contributed by atoms with van der Waals surface area (Å²) in [6, 6.07) is 12.6. The summed E-state index contributed by atoms with van der Waals surface area (Å²) in [5, 5.41) is 7.76. The first-order chi connectivity index (χ1) is 15.4. The number of hydrogen-bond acceptors (Lipinski definition) is 5. The molecule has 1 aliphatic rings. The van der Waals surface area contributed by atoms with Crippen LogP contribution in [0.1, 0.15) is 41.6 Å². The maximum atomic E-state index is 12.7. The molecule has 0 bridgehead atoms. The van der Waals surface area contributed by atoms with Crippen molar-refractivity contribution in [2.45, 2.75) is 44.7 Å². The minimum absolute atomic E-state index is 0. The number of nitrogens with two attached hydrogens (primary N) is 2. The highest BCUT2D eigenvalue weighted by Gasteiger charge is 2.26. The molecule has 1 aliphatic carbocycles. The Morgan fingerprint density at radius 3 is 2.47 bits per heavy atom. The highest BCUT2D eigenvalue weighted by atomic mass is 35.5. The molecular formula is C23H28Cl3N7O. The summed E-state index contributed by atoms with van der Waals surface area (Å²) in [6.07, 6.45) is 3.98. The number of nitrogens with zero attached hydrogens (tertiary/aromatic N) is 3. The Labute approximate surface area is 215 Å². The molecule has 0 aliphatic heterocycles. The normalized spacial score (nSPS) is 17.1. The van der Waals surface area contributed by atoms with Gasteiger partial charge in [-0.25, -0.2) is 9.98 Å². The Morgan fingerprint density at radius 1 is 1.06 bits per heavy atom. The molecule has 0 spiro atoms. The number of aromatic nitrogens is 2. The largest absolute Gasteiger partial charge is 0.370 e. The standard InChI is InChI=1S/C23H26ClN7O.2ClH/c1-13-6-11-17-16(12-13)20(27-18-4-2-3-5-19(18)28-22(25)26)30-23(29-17)31-21(32)14-7-9-15(24)10-8-14;;/h6-12,18-19H,2-5H2,1H3,(H4,25,26,28)(H2,27,29,30,31,32);2*1H/t18-,19+;;/m0../s1. The third-order valence-electron chi connectivity index (χ3n) is 5.55. The summed E-state index contributed by atoms with van der Waals surface area (Å²) in [5.41, 5.74) is 13.6. The van der Waals surface area contributed by atoms with E-state index in [4.69, 9.17) is 23.1 Å². The fraction of sp³-hybridized carbons (Fsp3) is 0.304. The minimum Gasteiger partial charge on any atom is -0.370 e. The average Bonchev–Trinajstić information content (AvgIpc) is 2.75. The number of carbonyl (C=O) groups excluding carboxylic acids is 1. The zero-order valence-corrected chi connectivity index (χ0v) is 21.0. The van der Waals surface area contributed by atoms with Crippen LogP contribution in [0.25, 0.3) is 10.9 Å². The van der Waals surface area contributed by atoms with Gasteiger partial charge < -0.3 is 16.8 Å². The van der Waals surface area contributed by atoms with Crippen LogP contribution in [0.4, 0.5) is 11.8 Å². The van der Waals surface area contributed by atoms with Gasteiger partial charge in [-0.1, -0.05) is 36.1 Å². The van der Waals surface area contributed by atoms with E-state index in [1.165, 1.54) is 0 Å². The van der Waals surface area contributed by atoms with E-state index in [2.05, 4.69) is 25.6 Å². The number of hydrogen-bond donors (Lipinski definition) is 4. The van der Waals surface area contributed by atoms with Crippen molar-refractivity contribution >= 4 is 71.0 Å². The molecule has 1 saturated carbocycles. The van der Waals surface area contributed by atoms with Gasteiger partial charge in [-0.05, 0) is 56.2 Å². The van der Waals surface area contributed by atoms with Crippen LogP contribution in [0.5, 0.6) is 0 Å². The van der Waals surface area contributed by atoms with Crippen molar-refractivity contribution in [3.63, 3.8) is 0 Å². The quantitative estimate of drug-likeness (QED) is 0.283. The minimum atomic E-state index is -0.310. The van der Waals surface area contributed by atoms with Gasteiger partial charge in [0.15, 0.2) is 5.96 Å². The van der Waals surface area contributed by atoms with Gasteiger partial charge in [0, 0.05) is 16.0 Å². The van der Waals surface area contributed by atoms with Gasteiger partial charge >= 0.3 is 0 Å². The number of fused-ring (bicyclic) bond motifs is 1. The number of nitrogens with one attached hydrogen (secondary N) is 2. The fourth-order valence-corrected chi connectivity index (χ4v) is 4.11. The number of carbonyl (C=O) groups is 1. The van der Waals surface area contributed by atoms with Gasteiger partial charge in [-0.3, -0.25) is 10.1 Å². The molecule has 11 heteroatoms. The molecule has 4 rings (SSSR count). The average molecular weight is 525 g/mol. The molecule has 8 nitrogen and oxygen atoms in total. The van der Waals surface area contributed by atoms with E-state index >= 15 is 0 Å². The number of rotatable bonds is 5. The van der Waals surface area contributed by atoms with Crippen LogP contribution in [0.15, 0.2) is 47.5 Å². The number of benzene rings is 2. The summed E-state index contributed by atoms with van der Waals surface area (Å²) in [5.74, 6) is 0.643. The van der Waals surface area contributed by atoms with Gasteiger partial charge in [-0.15, -0.1) is 24.8 Å². The molecule has 1 amide bonds. The lowest BCUT2D eigenvalue weighted by Gasteiger charge is -2.30. The molecule has 6 N–H and O–H groups in total.